The summed E-state index contributed by atoms with van der Waals surface area (Å²) in [5.41, 5.74) is 3.47. The Morgan fingerprint density at radius 1 is 1.31 bits per heavy atom. The van der Waals surface area contributed by atoms with E-state index in [1.165, 1.54) is 18.3 Å². The quantitative estimate of drug-likeness (QED) is 0.472. The first kappa shape index (κ1) is 19.8. The van der Waals surface area contributed by atoms with E-state index in [0.29, 0.717) is 17.7 Å². The van der Waals surface area contributed by atoms with Crippen LogP contribution in [0.3, 0.4) is 0 Å². The molecule has 8 heteroatoms. The monoisotopic (exact) mass is 391 g/mol. The van der Waals surface area contributed by atoms with Crippen molar-refractivity contribution >= 4 is 12.2 Å². The molecule has 1 aromatic heterocycles. The third-order valence-electron chi connectivity index (χ3n) is 3.88. The van der Waals surface area contributed by atoms with Crippen LogP contribution in [0.1, 0.15) is 24.5 Å². The number of nitrogens with one attached hydrogen (secondary N) is 2. The van der Waals surface area contributed by atoms with E-state index in [4.69, 9.17) is 4.74 Å². The Morgan fingerprint density at radius 3 is 2.83 bits per heavy atom. The van der Waals surface area contributed by atoms with Gasteiger partial charge in [-0.15, -0.1) is 0 Å². The van der Waals surface area contributed by atoms with E-state index in [2.05, 4.69) is 20.5 Å². The number of ether oxygens (including phenoxy) is 1. The predicted molar refractivity (Wildman–Crippen MR) is 108 cm³/mol. The number of nitriles is 1. The summed E-state index contributed by atoms with van der Waals surface area (Å²) in [7, 11) is 0. The molecule has 3 aromatic rings. The van der Waals surface area contributed by atoms with Gasteiger partial charge in [-0.2, -0.15) is 10.4 Å². The lowest BCUT2D eigenvalue weighted by Gasteiger charge is -2.07. The van der Waals surface area contributed by atoms with Gasteiger partial charge in [0.2, 0.25) is 5.95 Å². The fourth-order valence-corrected chi connectivity index (χ4v) is 2.53. The van der Waals surface area contributed by atoms with Crippen molar-refractivity contribution in [1.29, 1.82) is 5.26 Å². The van der Waals surface area contributed by atoms with Crippen molar-refractivity contribution in [2.75, 3.05) is 12.0 Å². The minimum Gasteiger partial charge on any atom is -0.491 e. The average Bonchev–Trinajstić information content (AvgIpc) is 2.74. The lowest BCUT2D eigenvalue weighted by Crippen LogP contribution is -2.16. The molecule has 0 aliphatic rings. The first-order valence-electron chi connectivity index (χ1n) is 8.93. The fourth-order valence-electron chi connectivity index (χ4n) is 2.53. The molecule has 2 aromatic carbocycles. The van der Waals surface area contributed by atoms with Gasteiger partial charge in [0.05, 0.1) is 18.5 Å². The zero-order chi connectivity index (χ0) is 20.6. The van der Waals surface area contributed by atoms with E-state index in [1.54, 1.807) is 30.3 Å². The van der Waals surface area contributed by atoms with Crippen LogP contribution < -0.4 is 15.7 Å². The Bertz CT molecular complexity index is 1120. The smallest absolute Gasteiger partial charge is 0.270 e. The third-order valence-corrected chi connectivity index (χ3v) is 3.88. The topological polar surface area (TPSA) is 103 Å². The van der Waals surface area contributed by atoms with Crippen molar-refractivity contribution in [3.05, 3.63) is 75.8 Å². The van der Waals surface area contributed by atoms with Gasteiger partial charge in [0.1, 0.15) is 11.6 Å². The fraction of sp³-hybridized carbons (Fsp3) is 0.143. The minimum absolute atomic E-state index is 0.0775. The third kappa shape index (κ3) is 4.84. The maximum Gasteiger partial charge on any atom is 0.270 e. The highest BCUT2D eigenvalue weighted by molar-refractivity contribution is 5.80. The van der Waals surface area contributed by atoms with E-state index in [0.717, 1.165) is 6.42 Å². The van der Waals surface area contributed by atoms with Gasteiger partial charge in [0, 0.05) is 5.56 Å². The molecule has 1 heterocycles. The highest BCUT2D eigenvalue weighted by atomic mass is 19.1. The Labute approximate surface area is 166 Å². The summed E-state index contributed by atoms with van der Waals surface area (Å²) < 4.78 is 19.1. The highest BCUT2D eigenvalue weighted by Gasteiger charge is 2.12. The van der Waals surface area contributed by atoms with Crippen LogP contribution in [0, 0.1) is 17.1 Å². The molecule has 0 unspecified atom stereocenters. The molecule has 0 fully saturated rings. The highest BCUT2D eigenvalue weighted by Crippen LogP contribution is 2.20. The van der Waals surface area contributed by atoms with Crippen LogP contribution in [0.15, 0.2) is 58.4 Å². The number of nitrogens with zero attached hydrogens (tertiary/aromatic N) is 3. The normalized spacial score (nSPS) is 10.7. The van der Waals surface area contributed by atoms with Crippen molar-refractivity contribution < 1.29 is 9.13 Å². The summed E-state index contributed by atoms with van der Waals surface area (Å²) in [5.74, 6) is -0.227. The zero-order valence-electron chi connectivity index (χ0n) is 15.6. The summed E-state index contributed by atoms with van der Waals surface area (Å²) in [5, 5.41) is 13.3. The molecule has 146 valence electrons. The van der Waals surface area contributed by atoms with Crippen molar-refractivity contribution in [2.24, 2.45) is 5.10 Å². The predicted octanol–water partition coefficient (Wildman–Crippen LogP) is 3.68. The van der Waals surface area contributed by atoms with Gasteiger partial charge in [-0.3, -0.25) is 9.78 Å². The maximum absolute atomic E-state index is 13.7. The molecule has 0 saturated carbocycles. The van der Waals surface area contributed by atoms with Gasteiger partial charge in [0.25, 0.3) is 5.56 Å². The molecule has 0 spiro atoms. The summed E-state index contributed by atoms with van der Waals surface area (Å²) in [6.45, 7) is 2.34. The number of hydrogen-bond acceptors (Lipinski definition) is 6. The average molecular weight is 391 g/mol. The first-order valence-corrected chi connectivity index (χ1v) is 8.93. The van der Waals surface area contributed by atoms with Gasteiger partial charge >= 0.3 is 0 Å². The molecule has 3 rings (SSSR count). The van der Waals surface area contributed by atoms with Crippen LogP contribution in [0.5, 0.6) is 5.75 Å². The molecule has 0 atom stereocenters. The van der Waals surface area contributed by atoms with Crippen molar-refractivity contribution in [3.8, 4) is 23.1 Å². The number of rotatable bonds is 7. The lowest BCUT2D eigenvalue weighted by atomic mass is 10.1. The van der Waals surface area contributed by atoms with Crippen molar-refractivity contribution in [3.63, 3.8) is 0 Å². The molecule has 7 nitrogen and oxygen atoms in total. The first-order chi connectivity index (χ1) is 14.1. The summed E-state index contributed by atoms with van der Waals surface area (Å²) in [6.07, 6.45) is 2.21. The van der Waals surface area contributed by atoms with Gasteiger partial charge < -0.3 is 4.74 Å². The van der Waals surface area contributed by atoms with E-state index in [9.17, 15) is 14.4 Å². The molecule has 0 bridgehead atoms. The van der Waals surface area contributed by atoms with Crippen LogP contribution in [-0.4, -0.2) is 22.8 Å². The van der Waals surface area contributed by atoms with Crippen molar-refractivity contribution in [1.82, 2.24) is 9.97 Å². The SMILES string of the molecule is CCCOc1cc(C=NNc2nc(-c3ccccc3)c(C#N)c(=O)[nH]2)ccc1F. The maximum atomic E-state index is 13.7. The van der Waals surface area contributed by atoms with Crippen LogP contribution in [0.4, 0.5) is 10.3 Å². The second-order valence-electron chi connectivity index (χ2n) is 6.02. The number of H-pyrrole nitrogens is 1. The van der Waals surface area contributed by atoms with E-state index >= 15 is 0 Å². The lowest BCUT2D eigenvalue weighted by molar-refractivity contribution is 0.301. The van der Waals surface area contributed by atoms with Crippen LogP contribution in [-0.2, 0) is 0 Å². The number of aromatic amines is 1. The van der Waals surface area contributed by atoms with Gasteiger partial charge in [0.15, 0.2) is 11.6 Å². The van der Waals surface area contributed by atoms with Crippen LogP contribution in [0.2, 0.25) is 0 Å². The van der Waals surface area contributed by atoms with Gasteiger partial charge in [-0.05, 0) is 24.1 Å². The standard InChI is InChI=1S/C21H18FN5O2/c1-2-10-29-18-11-14(8-9-17(18)22)13-24-27-21-25-19(15-6-4-3-5-7-15)16(12-23)20(28)26-21/h3-9,11,13H,2,10H2,1H3,(H2,25,26,27,28). The van der Waals surface area contributed by atoms with Crippen molar-refractivity contribution in [2.45, 2.75) is 13.3 Å². The number of anilines is 1. The molecule has 29 heavy (non-hydrogen) atoms. The number of aromatic nitrogens is 2. The molecule has 0 saturated heterocycles. The Hall–Kier alpha value is -3.99. The molecular formula is C21H18FN5O2. The largest absolute Gasteiger partial charge is 0.491 e. The Kier molecular flexibility index (Phi) is 6.32. The molecule has 0 aliphatic heterocycles. The number of halogens is 1. The minimum atomic E-state index is -0.573. The number of benzene rings is 2. The molecule has 0 aliphatic carbocycles. The Morgan fingerprint density at radius 2 is 2.10 bits per heavy atom. The summed E-state index contributed by atoms with van der Waals surface area (Å²) >= 11 is 0. The second-order valence-corrected chi connectivity index (χ2v) is 6.02. The zero-order valence-corrected chi connectivity index (χ0v) is 15.6. The van der Waals surface area contributed by atoms with Gasteiger partial charge in [-0.25, -0.2) is 14.8 Å². The number of hydrogen-bond donors (Lipinski definition) is 2. The van der Waals surface area contributed by atoms with E-state index in [-0.39, 0.29) is 23.0 Å². The molecule has 0 radical (unpaired) electrons. The van der Waals surface area contributed by atoms with E-state index < -0.39 is 11.4 Å². The van der Waals surface area contributed by atoms with Crippen LogP contribution in [0.25, 0.3) is 11.3 Å². The summed E-state index contributed by atoms with van der Waals surface area (Å²) in [6, 6.07) is 15.2. The molecular weight excluding hydrogens is 373 g/mol. The number of hydrazone groups is 1. The Balaban J connectivity index is 1.84. The second kappa shape index (κ2) is 9.28. The van der Waals surface area contributed by atoms with Gasteiger partial charge in [-0.1, -0.05) is 43.3 Å². The molecule has 0 amide bonds. The molecule has 2 N–H and O–H groups in total. The van der Waals surface area contributed by atoms with E-state index in [1.807, 2.05) is 19.1 Å². The van der Waals surface area contributed by atoms with Crippen LogP contribution >= 0.6 is 0 Å². The summed E-state index contributed by atoms with van der Waals surface area (Å²) in [4.78, 5) is 19.0.